The van der Waals surface area contributed by atoms with Crippen LogP contribution in [0, 0.1) is 5.82 Å². The lowest BCUT2D eigenvalue weighted by Gasteiger charge is -2.14. The Bertz CT molecular complexity index is 1210. The molecule has 0 spiro atoms. The monoisotopic (exact) mass is 454 g/mol. The van der Waals surface area contributed by atoms with Gasteiger partial charge in [0.2, 0.25) is 5.43 Å². The topological polar surface area (TPSA) is 86.6 Å². The Morgan fingerprint density at radius 3 is 2.75 bits per heavy atom. The average molecular weight is 454 g/mol. The number of nitrogens with one attached hydrogen (secondary N) is 2. The Hall–Kier alpha value is -3.18. The first-order chi connectivity index (χ1) is 15.0. The predicted molar refractivity (Wildman–Crippen MR) is 110 cm³/mol. The van der Waals surface area contributed by atoms with E-state index >= 15 is 0 Å². The zero-order chi connectivity index (χ0) is 23.6. The van der Waals surface area contributed by atoms with Crippen LogP contribution in [0.15, 0.2) is 29.2 Å². The molecule has 0 aliphatic carbocycles. The molecule has 1 aromatic heterocycles. The van der Waals surface area contributed by atoms with Crippen LogP contribution < -0.4 is 26.6 Å². The van der Waals surface area contributed by atoms with Gasteiger partial charge in [0.25, 0.3) is 5.91 Å². The van der Waals surface area contributed by atoms with E-state index in [1.54, 1.807) is 11.9 Å². The minimum Gasteiger partial charge on any atom is -0.509 e. The smallest absolute Gasteiger partial charge is 0.419 e. The van der Waals surface area contributed by atoms with Crippen LogP contribution >= 0.6 is 0 Å². The summed E-state index contributed by atoms with van der Waals surface area (Å²) < 4.78 is 53.6. The number of benzene rings is 1. The Kier molecular flexibility index (Phi) is 6.70. The summed E-state index contributed by atoms with van der Waals surface area (Å²) >= 11 is 0. The van der Waals surface area contributed by atoms with Gasteiger partial charge in [0.15, 0.2) is 0 Å². The van der Waals surface area contributed by atoms with Gasteiger partial charge in [-0.05, 0) is 24.7 Å². The highest BCUT2D eigenvalue weighted by Crippen LogP contribution is 2.31. The van der Waals surface area contributed by atoms with Crippen molar-refractivity contribution >= 4 is 18.2 Å². The number of aromatic nitrogens is 1. The predicted octanol–water partition coefficient (Wildman–Crippen LogP) is 0.505. The largest absolute Gasteiger partial charge is 0.509 e. The fourth-order valence-corrected chi connectivity index (χ4v) is 3.40. The van der Waals surface area contributed by atoms with E-state index in [-0.39, 0.29) is 47.1 Å². The first kappa shape index (κ1) is 23.5. The van der Waals surface area contributed by atoms with Gasteiger partial charge in [0.05, 0.1) is 17.7 Å². The van der Waals surface area contributed by atoms with E-state index in [1.807, 2.05) is 0 Å². The van der Waals surface area contributed by atoms with Crippen LogP contribution in [0.4, 0.5) is 17.6 Å². The van der Waals surface area contributed by atoms with Gasteiger partial charge in [-0.2, -0.15) is 13.2 Å². The van der Waals surface area contributed by atoms with Crippen LogP contribution in [0.1, 0.15) is 21.5 Å². The molecule has 11 heteroatoms. The lowest BCUT2D eigenvalue weighted by molar-refractivity contribution is -0.140. The van der Waals surface area contributed by atoms with Gasteiger partial charge in [-0.3, -0.25) is 14.5 Å². The van der Waals surface area contributed by atoms with Crippen LogP contribution in [0.2, 0.25) is 0 Å². The number of likely N-dealkylation sites (N-methyl/N-ethyl adjacent to an activating group) is 1. The molecule has 1 aliphatic rings. The molecule has 1 aromatic carbocycles. The fourth-order valence-electron chi connectivity index (χ4n) is 3.40. The zero-order valence-corrected chi connectivity index (χ0v) is 17.2. The lowest BCUT2D eigenvalue weighted by Crippen LogP contribution is -2.50. The van der Waals surface area contributed by atoms with E-state index < -0.39 is 28.9 Å². The molecule has 0 radical (unpaired) electrons. The second-order valence-electron chi connectivity index (χ2n) is 7.51. The normalized spacial score (nSPS) is 15.5. The molecule has 0 saturated carbocycles. The minimum absolute atomic E-state index is 0.0236. The van der Waals surface area contributed by atoms with Gasteiger partial charge in [0.1, 0.15) is 16.9 Å². The third-order valence-electron chi connectivity index (χ3n) is 5.02. The Balaban J connectivity index is 1.92. The van der Waals surface area contributed by atoms with Crippen LogP contribution in [0.25, 0.3) is 12.3 Å². The molecular weight excluding hydrogens is 432 g/mol. The van der Waals surface area contributed by atoms with Crippen LogP contribution in [-0.2, 0) is 19.3 Å². The van der Waals surface area contributed by atoms with E-state index in [1.165, 1.54) is 10.8 Å². The molecule has 1 aliphatic heterocycles. The van der Waals surface area contributed by atoms with Crippen molar-refractivity contribution in [3.05, 3.63) is 67.7 Å². The molecule has 7 nitrogen and oxygen atoms in total. The average Bonchev–Trinajstić information content (AvgIpc) is 2.77. The van der Waals surface area contributed by atoms with Crippen molar-refractivity contribution in [3.8, 4) is 0 Å². The number of alkyl halides is 3. The van der Waals surface area contributed by atoms with E-state index in [0.717, 1.165) is 6.07 Å². The number of nitrogens with zero attached hydrogens (tertiary/aromatic N) is 2. The number of hydrogen-bond acceptors (Lipinski definition) is 5. The fraction of sp³-hybridized carbons (Fsp3) is 0.333. The Morgan fingerprint density at radius 1 is 1.34 bits per heavy atom. The number of carbonyl (C=O) groups excluding carboxylic acids is 1. The van der Waals surface area contributed by atoms with Gasteiger partial charge >= 0.3 is 6.18 Å². The highest BCUT2D eigenvalue weighted by molar-refractivity contribution is 5.94. The SMILES string of the molecule is C=c1c(C(=O)NCc2ccc(F)c(C(F)(F)F)c2)cn2c(c1=O)=C(O)CN(C)CNCC2. The molecule has 0 bridgehead atoms. The summed E-state index contributed by atoms with van der Waals surface area (Å²) in [5, 5.41) is 15.9. The van der Waals surface area contributed by atoms with Crippen LogP contribution in [-0.4, -0.2) is 47.3 Å². The maximum Gasteiger partial charge on any atom is 0.419 e. The molecule has 1 amide bonds. The number of carbonyl (C=O) groups is 1. The second-order valence-corrected chi connectivity index (χ2v) is 7.51. The molecular formula is C21H22F4N4O3. The molecule has 172 valence electrons. The van der Waals surface area contributed by atoms with Crippen molar-refractivity contribution in [2.45, 2.75) is 19.3 Å². The first-order valence-electron chi connectivity index (χ1n) is 9.66. The maximum atomic E-state index is 13.5. The summed E-state index contributed by atoms with van der Waals surface area (Å²) in [7, 11) is 1.76. The summed E-state index contributed by atoms with van der Waals surface area (Å²) in [6.45, 7) is 4.68. The van der Waals surface area contributed by atoms with Crippen molar-refractivity contribution < 1.29 is 27.5 Å². The van der Waals surface area contributed by atoms with E-state index in [2.05, 4.69) is 17.2 Å². The number of hydrogen-bond donors (Lipinski definition) is 3. The minimum atomic E-state index is -4.87. The van der Waals surface area contributed by atoms with Gasteiger partial charge < -0.3 is 20.3 Å². The van der Waals surface area contributed by atoms with Crippen molar-refractivity contribution in [1.82, 2.24) is 20.1 Å². The lowest BCUT2D eigenvalue weighted by atomic mass is 10.1. The summed E-state index contributed by atoms with van der Waals surface area (Å²) in [5.41, 5.74) is -2.09. The molecule has 3 N–H and O–H groups in total. The molecule has 0 fully saturated rings. The first-order valence-corrected chi connectivity index (χ1v) is 9.66. The van der Waals surface area contributed by atoms with Crippen molar-refractivity contribution in [2.75, 3.05) is 26.8 Å². The van der Waals surface area contributed by atoms with Crippen LogP contribution in [0.3, 0.4) is 0 Å². The molecule has 0 unspecified atom stereocenters. The van der Waals surface area contributed by atoms with Gasteiger partial charge in [-0.25, -0.2) is 4.39 Å². The second kappa shape index (κ2) is 9.13. The number of aliphatic hydroxyl groups excluding tert-OH is 1. The zero-order valence-electron chi connectivity index (χ0n) is 17.2. The van der Waals surface area contributed by atoms with Crippen molar-refractivity contribution in [3.63, 3.8) is 0 Å². The quantitative estimate of drug-likeness (QED) is 0.589. The summed E-state index contributed by atoms with van der Waals surface area (Å²) in [4.78, 5) is 27.3. The number of halogens is 4. The Labute approximate surface area is 180 Å². The number of fused-ring (bicyclic) bond motifs is 1. The molecule has 0 atom stereocenters. The number of pyridine rings is 1. The summed E-state index contributed by atoms with van der Waals surface area (Å²) in [6.07, 6.45) is -3.49. The standard InChI is InChI=1S/C21H22F4N4O3/c1-12-14(9-29-6-5-26-11-28(2)10-17(30)18(29)19(12)31)20(32)27-8-13-3-4-16(22)15(7-13)21(23,24)25/h3-4,7,9,26,30H,1,5-6,8,10-11H2,2H3,(H,27,32). The molecule has 32 heavy (non-hydrogen) atoms. The number of rotatable bonds is 3. The third-order valence-corrected chi connectivity index (χ3v) is 5.02. The summed E-state index contributed by atoms with van der Waals surface area (Å²) in [5.74, 6) is -2.30. The maximum absolute atomic E-state index is 13.5. The van der Waals surface area contributed by atoms with Gasteiger partial charge in [0, 0.05) is 37.7 Å². The van der Waals surface area contributed by atoms with Crippen molar-refractivity contribution in [1.29, 1.82) is 0 Å². The van der Waals surface area contributed by atoms with Crippen LogP contribution in [0.5, 0.6) is 0 Å². The highest BCUT2D eigenvalue weighted by Gasteiger charge is 2.34. The van der Waals surface area contributed by atoms with Crippen molar-refractivity contribution in [2.24, 2.45) is 0 Å². The molecule has 3 rings (SSSR count). The molecule has 2 heterocycles. The third kappa shape index (κ3) is 5.00. The molecule has 2 aromatic rings. The highest BCUT2D eigenvalue weighted by atomic mass is 19.4. The van der Waals surface area contributed by atoms with Gasteiger partial charge in [-0.1, -0.05) is 12.6 Å². The van der Waals surface area contributed by atoms with E-state index in [0.29, 0.717) is 25.3 Å². The Morgan fingerprint density at radius 2 is 2.06 bits per heavy atom. The number of amides is 1. The number of aliphatic hydroxyl groups is 1. The summed E-state index contributed by atoms with van der Waals surface area (Å²) in [6, 6.07) is 2.43. The molecule has 0 saturated heterocycles. The van der Waals surface area contributed by atoms with E-state index in [9.17, 15) is 32.3 Å². The van der Waals surface area contributed by atoms with Gasteiger partial charge in [-0.15, -0.1) is 0 Å². The van der Waals surface area contributed by atoms with E-state index in [4.69, 9.17) is 0 Å².